The van der Waals surface area contributed by atoms with Crippen LogP contribution < -0.4 is 5.32 Å². The third-order valence-electron chi connectivity index (χ3n) is 2.47. The van der Waals surface area contributed by atoms with Crippen molar-refractivity contribution in [2.24, 2.45) is 0 Å². The number of nitrogens with one attached hydrogen (secondary N) is 2. The molecule has 1 aromatic carbocycles. The Bertz CT molecular complexity index is 522. The van der Waals surface area contributed by atoms with Gasteiger partial charge in [0.1, 0.15) is 5.69 Å². The van der Waals surface area contributed by atoms with Gasteiger partial charge in [-0.25, -0.2) is 0 Å². The molecule has 88 valence electrons. The summed E-state index contributed by atoms with van der Waals surface area (Å²) in [6, 6.07) is 5.01. The maximum Gasteiger partial charge on any atom is 0.292 e. The summed E-state index contributed by atoms with van der Waals surface area (Å²) >= 11 is 0. The molecule has 2 N–H and O–H groups in total. The second-order valence-corrected chi connectivity index (χ2v) is 3.69. The highest BCUT2D eigenvalue weighted by atomic mass is 16.6. The molecular weight excluding hydrogens is 220 g/mol. The minimum atomic E-state index is -0.384. The molecule has 0 bridgehead atoms. The van der Waals surface area contributed by atoms with Crippen LogP contribution in [0.15, 0.2) is 30.6 Å². The largest absolute Gasteiger partial charge is 0.375 e. The number of nitro groups is 1. The van der Waals surface area contributed by atoms with Gasteiger partial charge < -0.3 is 5.32 Å². The van der Waals surface area contributed by atoms with E-state index in [4.69, 9.17) is 0 Å². The molecule has 17 heavy (non-hydrogen) atoms. The lowest BCUT2D eigenvalue weighted by molar-refractivity contribution is -0.384. The minimum Gasteiger partial charge on any atom is -0.375 e. The first kappa shape index (κ1) is 11.1. The monoisotopic (exact) mass is 232 g/mol. The summed E-state index contributed by atoms with van der Waals surface area (Å²) in [7, 11) is 0. The van der Waals surface area contributed by atoms with Crippen LogP contribution in [0.25, 0.3) is 0 Å². The molecule has 6 nitrogen and oxygen atoms in total. The van der Waals surface area contributed by atoms with Crippen LogP contribution in [0.5, 0.6) is 0 Å². The molecule has 0 fully saturated rings. The standard InChI is InChI=1S/C11H12N4O2/c1-8-3-2-4-10(15(16)17)11(8)12-5-9-6-13-14-7-9/h2-4,6-7,12H,5H2,1H3,(H,13,14). The van der Waals surface area contributed by atoms with Gasteiger partial charge in [0.15, 0.2) is 0 Å². The Balaban J connectivity index is 2.22. The molecule has 0 spiro atoms. The maximum atomic E-state index is 10.9. The summed E-state index contributed by atoms with van der Waals surface area (Å²) in [5, 5.41) is 20.5. The Labute approximate surface area is 97.8 Å². The topological polar surface area (TPSA) is 83.8 Å². The molecule has 0 aliphatic heterocycles. The molecule has 0 aliphatic carbocycles. The fourth-order valence-corrected chi connectivity index (χ4v) is 1.60. The molecule has 0 saturated heterocycles. The number of aromatic nitrogens is 2. The predicted molar refractivity (Wildman–Crippen MR) is 63.7 cm³/mol. The number of anilines is 1. The van der Waals surface area contributed by atoms with Gasteiger partial charge in [0, 0.05) is 24.4 Å². The van der Waals surface area contributed by atoms with Crippen LogP contribution in [0, 0.1) is 17.0 Å². The number of aryl methyl sites for hydroxylation is 1. The lowest BCUT2D eigenvalue weighted by Crippen LogP contribution is -2.03. The molecule has 1 heterocycles. The van der Waals surface area contributed by atoms with Gasteiger partial charge in [-0.05, 0) is 12.5 Å². The van der Waals surface area contributed by atoms with E-state index in [1.54, 1.807) is 18.5 Å². The van der Waals surface area contributed by atoms with Crippen molar-refractivity contribution in [3.63, 3.8) is 0 Å². The highest BCUT2D eigenvalue weighted by molar-refractivity contribution is 5.65. The van der Waals surface area contributed by atoms with E-state index in [2.05, 4.69) is 15.5 Å². The van der Waals surface area contributed by atoms with E-state index in [-0.39, 0.29) is 10.6 Å². The van der Waals surface area contributed by atoms with Crippen molar-refractivity contribution in [3.8, 4) is 0 Å². The van der Waals surface area contributed by atoms with Crippen molar-refractivity contribution >= 4 is 11.4 Å². The van der Waals surface area contributed by atoms with E-state index < -0.39 is 0 Å². The van der Waals surface area contributed by atoms with Crippen molar-refractivity contribution < 1.29 is 4.92 Å². The van der Waals surface area contributed by atoms with Crippen LogP contribution in [0.4, 0.5) is 11.4 Å². The molecule has 6 heteroatoms. The Morgan fingerprint density at radius 1 is 1.53 bits per heavy atom. The summed E-state index contributed by atoms with van der Waals surface area (Å²) in [5.41, 5.74) is 2.44. The third kappa shape index (κ3) is 2.41. The van der Waals surface area contributed by atoms with Crippen LogP contribution in [0.2, 0.25) is 0 Å². The smallest absolute Gasteiger partial charge is 0.292 e. The Hall–Kier alpha value is -2.37. The average Bonchev–Trinajstić information content (AvgIpc) is 2.80. The fourth-order valence-electron chi connectivity index (χ4n) is 1.60. The number of para-hydroxylation sites is 1. The molecule has 2 rings (SSSR count). The van der Waals surface area contributed by atoms with Crippen LogP contribution in [-0.2, 0) is 6.54 Å². The highest BCUT2D eigenvalue weighted by Gasteiger charge is 2.14. The summed E-state index contributed by atoms with van der Waals surface area (Å²) in [4.78, 5) is 10.5. The van der Waals surface area contributed by atoms with E-state index in [0.717, 1.165) is 11.1 Å². The summed E-state index contributed by atoms with van der Waals surface area (Å²) in [5.74, 6) is 0. The number of hydrogen-bond acceptors (Lipinski definition) is 4. The van der Waals surface area contributed by atoms with E-state index >= 15 is 0 Å². The summed E-state index contributed by atoms with van der Waals surface area (Å²) in [6.07, 6.45) is 3.42. The number of H-pyrrole nitrogens is 1. The van der Waals surface area contributed by atoms with E-state index in [1.165, 1.54) is 6.07 Å². The van der Waals surface area contributed by atoms with Crippen molar-refractivity contribution in [1.82, 2.24) is 10.2 Å². The molecule has 0 saturated carbocycles. The SMILES string of the molecule is Cc1cccc([N+](=O)[O-])c1NCc1cn[nH]c1. The van der Waals surface area contributed by atoms with Gasteiger partial charge in [-0.3, -0.25) is 15.2 Å². The van der Waals surface area contributed by atoms with E-state index in [0.29, 0.717) is 12.2 Å². The zero-order chi connectivity index (χ0) is 12.3. The number of nitro benzene ring substituents is 1. The second kappa shape index (κ2) is 4.65. The Morgan fingerprint density at radius 2 is 2.35 bits per heavy atom. The van der Waals surface area contributed by atoms with Gasteiger partial charge in [-0.15, -0.1) is 0 Å². The third-order valence-corrected chi connectivity index (χ3v) is 2.47. The fraction of sp³-hybridized carbons (Fsp3) is 0.182. The van der Waals surface area contributed by atoms with Crippen molar-refractivity contribution in [2.45, 2.75) is 13.5 Å². The first-order chi connectivity index (χ1) is 8.18. The number of hydrogen-bond donors (Lipinski definition) is 2. The molecule has 0 aliphatic rings. The van der Waals surface area contributed by atoms with Gasteiger partial charge >= 0.3 is 0 Å². The maximum absolute atomic E-state index is 10.9. The van der Waals surface area contributed by atoms with Crippen molar-refractivity contribution in [3.05, 3.63) is 51.8 Å². The molecule has 0 amide bonds. The summed E-state index contributed by atoms with van der Waals surface area (Å²) < 4.78 is 0. The van der Waals surface area contributed by atoms with Gasteiger partial charge in [0.05, 0.1) is 11.1 Å². The molecule has 2 aromatic rings. The normalized spacial score (nSPS) is 10.2. The molecular formula is C11H12N4O2. The molecule has 1 aromatic heterocycles. The number of rotatable bonds is 4. The van der Waals surface area contributed by atoms with E-state index in [1.807, 2.05) is 13.0 Å². The lowest BCUT2D eigenvalue weighted by atomic mass is 10.1. The Morgan fingerprint density at radius 3 is 3.00 bits per heavy atom. The number of aromatic amines is 1. The van der Waals surface area contributed by atoms with Gasteiger partial charge in [-0.1, -0.05) is 12.1 Å². The van der Waals surface area contributed by atoms with Crippen molar-refractivity contribution in [1.29, 1.82) is 0 Å². The van der Waals surface area contributed by atoms with Gasteiger partial charge in [-0.2, -0.15) is 5.10 Å². The van der Waals surface area contributed by atoms with Crippen LogP contribution in [0.3, 0.4) is 0 Å². The van der Waals surface area contributed by atoms with Crippen LogP contribution in [-0.4, -0.2) is 15.1 Å². The Kier molecular flexibility index (Phi) is 3.04. The predicted octanol–water partition coefficient (Wildman–Crippen LogP) is 2.24. The number of nitrogens with zero attached hydrogens (tertiary/aromatic N) is 2. The first-order valence-electron chi connectivity index (χ1n) is 5.14. The quantitative estimate of drug-likeness (QED) is 0.625. The van der Waals surface area contributed by atoms with Crippen molar-refractivity contribution in [2.75, 3.05) is 5.32 Å². The molecule has 0 atom stereocenters. The number of benzene rings is 1. The molecule has 0 unspecified atom stereocenters. The summed E-state index contributed by atoms with van der Waals surface area (Å²) in [6.45, 7) is 2.34. The minimum absolute atomic E-state index is 0.0912. The second-order valence-electron chi connectivity index (χ2n) is 3.69. The van der Waals surface area contributed by atoms with Crippen LogP contribution in [0.1, 0.15) is 11.1 Å². The molecule has 0 radical (unpaired) electrons. The van der Waals surface area contributed by atoms with E-state index in [9.17, 15) is 10.1 Å². The highest BCUT2D eigenvalue weighted by Crippen LogP contribution is 2.27. The van der Waals surface area contributed by atoms with Gasteiger partial charge in [0.2, 0.25) is 0 Å². The lowest BCUT2D eigenvalue weighted by Gasteiger charge is -2.08. The van der Waals surface area contributed by atoms with Crippen LogP contribution >= 0.6 is 0 Å². The zero-order valence-electron chi connectivity index (χ0n) is 9.30. The first-order valence-corrected chi connectivity index (χ1v) is 5.14. The van der Waals surface area contributed by atoms with Gasteiger partial charge in [0.25, 0.3) is 5.69 Å². The average molecular weight is 232 g/mol. The zero-order valence-corrected chi connectivity index (χ0v) is 9.30.